The Labute approximate surface area is 179 Å². The minimum absolute atomic E-state index is 0. The summed E-state index contributed by atoms with van der Waals surface area (Å²) in [4.78, 5) is 4.27. The number of hydrazone groups is 1. The summed E-state index contributed by atoms with van der Waals surface area (Å²) >= 11 is 12.4. The molecule has 0 radical (unpaired) electrons. The Morgan fingerprint density at radius 3 is 2.00 bits per heavy atom. The summed E-state index contributed by atoms with van der Waals surface area (Å²) < 4.78 is 0. The summed E-state index contributed by atoms with van der Waals surface area (Å²) in [6, 6.07) is 15.3. The predicted molar refractivity (Wildman–Crippen MR) is 122 cm³/mol. The van der Waals surface area contributed by atoms with E-state index in [4.69, 9.17) is 23.2 Å². The van der Waals surface area contributed by atoms with Crippen LogP contribution >= 0.6 is 40.2 Å². The molecule has 0 bridgehead atoms. The van der Waals surface area contributed by atoms with Gasteiger partial charge in [0.05, 0.1) is 12.3 Å². The Morgan fingerprint density at radius 2 is 1.52 bits per heavy atom. The molecule has 0 aliphatic carbocycles. The van der Waals surface area contributed by atoms with Crippen LogP contribution in [0, 0.1) is 0 Å². The maximum atomic E-state index is 6.21. The summed E-state index contributed by atoms with van der Waals surface area (Å²) in [5.41, 5.74) is 5.49. The van der Waals surface area contributed by atoms with Crippen molar-refractivity contribution < 1.29 is 0 Å². The summed E-state index contributed by atoms with van der Waals surface area (Å²) in [7, 11) is 0. The molecule has 3 rings (SSSR count). The van der Waals surface area contributed by atoms with Crippen LogP contribution in [0.25, 0.3) is 12.2 Å². The molecule has 0 aromatic heterocycles. The van der Waals surface area contributed by atoms with Crippen molar-refractivity contribution in [1.29, 1.82) is 0 Å². The summed E-state index contributed by atoms with van der Waals surface area (Å²) in [6.07, 6.45) is 7.61. The van der Waals surface area contributed by atoms with Crippen molar-refractivity contribution in [3.05, 3.63) is 81.9 Å². The normalized spacial score (nSPS) is 13.2. The third-order valence-electron chi connectivity index (χ3n) is 3.64. The molecule has 1 heterocycles. The van der Waals surface area contributed by atoms with E-state index in [2.05, 4.69) is 20.8 Å². The van der Waals surface area contributed by atoms with Crippen molar-refractivity contribution >= 4 is 64.0 Å². The number of nitrogens with zero attached hydrogens (tertiary/aromatic N) is 2. The van der Waals surface area contributed by atoms with Crippen LogP contribution in [0.1, 0.15) is 11.1 Å². The van der Waals surface area contributed by atoms with E-state index in [1.165, 1.54) is 0 Å². The third-order valence-corrected chi connectivity index (χ3v) is 4.33. The van der Waals surface area contributed by atoms with Crippen LogP contribution in [0.4, 0.5) is 0 Å². The van der Waals surface area contributed by atoms with Gasteiger partial charge in [0.1, 0.15) is 0 Å². The molecule has 27 heavy (non-hydrogen) atoms. The van der Waals surface area contributed by atoms with Gasteiger partial charge in [0, 0.05) is 16.6 Å². The van der Waals surface area contributed by atoms with E-state index in [0.717, 1.165) is 24.2 Å². The zero-order valence-corrected chi connectivity index (χ0v) is 17.6. The molecular formula is C20H19BrCl2N4. The Bertz CT molecular complexity index is 834. The van der Waals surface area contributed by atoms with Crippen molar-refractivity contribution in [1.82, 2.24) is 10.7 Å². The molecule has 1 aliphatic rings. The van der Waals surface area contributed by atoms with Crippen LogP contribution in [0.2, 0.25) is 10.0 Å². The van der Waals surface area contributed by atoms with Gasteiger partial charge in [0.2, 0.25) is 5.96 Å². The zero-order valence-electron chi connectivity index (χ0n) is 14.4. The van der Waals surface area contributed by atoms with E-state index >= 15 is 0 Å². The summed E-state index contributed by atoms with van der Waals surface area (Å²) in [5, 5.41) is 8.90. The number of benzene rings is 2. The first-order valence-corrected chi connectivity index (χ1v) is 8.95. The fraction of sp³-hybridized carbons (Fsp3) is 0.100. The highest BCUT2D eigenvalue weighted by atomic mass is 79.9. The fourth-order valence-electron chi connectivity index (χ4n) is 2.29. The highest BCUT2D eigenvalue weighted by Crippen LogP contribution is 2.18. The lowest BCUT2D eigenvalue weighted by atomic mass is 10.1. The van der Waals surface area contributed by atoms with Crippen LogP contribution in [0.5, 0.6) is 0 Å². The number of aliphatic imine (C=N–C) groups is 1. The number of hydrogen-bond donors (Lipinski definition) is 2. The molecule has 1 aliphatic heterocycles. The summed E-state index contributed by atoms with van der Waals surface area (Å²) in [6.45, 7) is 1.57. The first-order valence-electron chi connectivity index (χ1n) is 8.19. The molecule has 140 valence electrons. The maximum absolute atomic E-state index is 6.21. The molecular weight excluding hydrogens is 447 g/mol. The van der Waals surface area contributed by atoms with Crippen LogP contribution in [-0.2, 0) is 0 Å². The number of nitrogens with one attached hydrogen (secondary N) is 2. The topological polar surface area (TPSA) is 48.8 Å². The largest absolute Gasteiger partial charge is 0.353 e. The van der Waals surface area contributed by atoms with Gasteiger partial charge < -0.3 is 5.32 Å². The van der Waals surface area contributed by atoms with Crippen LogP contribution in [0.15, 0.2) is 70.8 Å². The van der Waals surface area contributed by atoms with Gasteiger partial charge in [-0.05, 0) is 35.4 Å². The average molecular weight is 466 g/mol. The molecule has 0 atom stereocenters. The van der Waals surface area contributed by atoms with Crippen molar-refractivity contribution in [3.8, 4) is 0 Å². The first kappa shape index (κ1) is 21.2. The number of allylic oxidation sites excluding steroid dienone is 2. The van der Waals surface area contributed by atoms with Gasteiger partial charge in [-0.15, -0.1) is 17.0 Å². The molecule has 7 heteroatoms. The van der Waals surface area contributed by atoms with E-state index in [9.17, 15) is 0 Å². The molecule has 4 nitrogen and oxygen atoms in total. The molecule has 0 amide bonds. The monoisotopic (exact) mass is 464 g/mol. The second-order valence-electron chi connectivity index (χ2n) is 5.52. The molecule has 0 saturated heterocycles. The molecule has 0 saturated carbocycles. The smallest absolute Gasteiger partial charge is 0.212 e. The average Bonchev–Trinajstić information content (AvgIpc) is 3.17. The summed E-state index contributed by atoms with van der Waals surface area (Å²) in [5.74, 6) is 0.666. The quantitative estimate of drug-likeness (QED) is 0.470. The number of halogens is 3. The SMILES string of the molecule is Br.Clc1ccccc1/C=C/C(/C=C/c1ccccc1Cl)=NNC1=NCCN1. The Balaban J connectivity index is 0.00000261. The molecule has 0 spiro atoms. The van der Waals surface area contributed by atoms with Gasteiger partial charge in [-0.3, -0.25) is 0 Å². The Morgan fingerprint density at radius 1 is 0.963 bits per heavy atom. The molecule has 0 fully saturated rings. The van der Waals surface area contributed by atoms with E-state index in [1.54, 1.807) is 0 Å². The molecule has 2 aromatic rings. The molecule has 0 unspecified atom stereocenters. The van der Waals surface area contributed by atoms with Crippen molar-refractivity contribution in [3.63, 3.8) is 0 Å². The van der Waals surface area contributed by atoms with Gasteiger partial charge >= 0.3 is 0 Å². The first-order chi connectivity index (χ1) is 12.7. The highest BCUT2D eigenvalue weighted by Gasteiger charge is 2.03. The van der Waals surface area contributed by atoms with E-state index < -0.39 is 0 Å². The Kier molecular flexibility index (Phi) is 8.58. The lowest BCUT2D eigenvalue weighted by Gasteiger charge is -2.02. The van der Waals surface area contributed by atoms with Gasteiger partial charge in [-0.2, -0.15) is 5.10 Å². The van der Waals surface area contributed by atoms with E-state index in [-0.39, 0.29) is 17.0 Å². The van der Waals surface area contributed by atoms with E-state index in [1.807, 2.05) is 72.8 Å². The third kappa shape index (κ3) is 6.54. The molecule has 2 N–H and O–H groups in total. The van der Waals surface area contributed by atoms with Gasteiger partial charge in [0.15, 0.2) is 0 Å². The van der Waals surface area contributed by atoms with Crippen molar-refractivity contribution in [2.24, 2.45) is 10.1 Å². The lowest BCUT2D eigenvalue weighted by molar-refractivity contribution is 0.918. The second-order valence-corrected chi connectivity index (χ2v) is 6.33. The van der Waals surface area contributed by atoms with Gasteiger partial charge in [-0.25, -0.2) is 10.4 Å². The standard InChI is InChI=1S/C20H18Cl2N4.BrH/c21-18-7-3-1-5-15(18)9-11-17(25-26-20-23-13-14-24-20)12-10-16-6-2-4-8-19(16)22;/h1-12H,13-14H2,(H2,23,24,26);1H/b11-9+,12-10+;. The minimum Gasteiger partial charge on any atom is -0.353 e. The highest BCUT2D eigenvalue weighted by molar-refractivity contribution is 8.93. The van der Waals surface area contributed by atoms with Crippen LogP contribution in [0.3, 0.4) is 0 Å². The van der Waals surface area contributed by atoms with E-state index in [0.29, 0.717) is 21.7 Å². The molecule has 2 aromatic carbocycles. The van der Waals surface area contributed by atoms with Crippen LogP contribution < -0.4 is 10.7 Å². The fourth-order valence-corrected chi connectivity index (χ4v) is 2.69. The number of rotatable bonds is 5. The Hall–Kier alpha value is -2.08. The van der Waals surface area contributed by atoms with Crippen molar-refractivity contribution in [2.75, 3.05) is 13.1 Å². The predicted octanol–water partition coefficient (Wildman–Crippen LogP) is 5.20. The zero-order chi connectivity index (χ0) is 18.2. The number of guanidine groups is 1. The van der Waals surface area contributed by atoms with Crippen molar-refractivity contribution in [2.45, 2.75) is 0 Å². The van der Waals surface area contributed by atoms with Gasteiger partial charge in [0.25, 0.3) is 0 Å². The second kappa shape index (κ2) is 10.9. The maximum Gasteiger partial charge on any atom is 0.212 e. The minimum atomic E-state index is 0. The number of hydrogen-bond acceptors (Lipinski definition) is 4. The lowest BCUT2D eigenvalue weighted by Crippen LogP contribution is -2.30. The van der Waals surface area contributed by atoms with Crippen LogP contribution in [-0.4, -0.2) is 24.8 Å². The van der Waals surface area contributed by atoms with Gasteiger partial charge in [-0.1, -0.05) is 71.8 Å².